The molecule has 2 heterocycles. The number of carbonyl (C=O) groups excluding carboxylic acids is 2. The van der Waals surface area contributed by atoms with Crippen molar-refractivity contribution >= 4 is 11.7 Å². The number of hydrogen-bond donors (Lipinski definition) is 0. The maximum Gasteiger partial charge on any atom is 0.292 e. The Kier molecular flexibility index (Phi) is 5.33. The number of ketones is 1. The van der Waals surface area contributed by atoms with Gasteiger partial charge in [-0.3, -0.25) is 9.59 Å². The van der Waals surface area contributed by atoms with E-state index in [0.29, 0.717) is 25.2 Å². The third-order valence-corrected chi connectivity index (χ3v) is 5.18. The van der Waals surface area contributed by atoms with Gasteiger partial charge in [0.05, 0.1) is 0 Å². The summed E-state index contributed by atoms with van der Waals surface area (Å²) in [5.41, 5.74) is 2.55. The quantitative estimate of drug-likeness (QED) is 0.677. The third kappa shape index (κ3) is 4.03. The van der Waals surface area contributed by atoms with E-state index in [2.05, 4.69) is 5.16 Å². The number of benzene rings is 2. The van der Waals surface area contributed by atoms with Crippen LogP contribution in [0.1, 0.15) is 29.0 Å². The van der Waals surface area contributed by atoms with Gasteiger partial charge in [0.25, 0.3) is 5.91 Å². The van der Waals surface area contributed by atoms with Crippen molar-refractivity contribution in [3.8, 4) is 11.3 Å². The van der Waals surface area contributed by atoms with Crippen LogP contribution in [0.15, 0.2) is 71.3 Å². The van der Waals surface area contributed by atoms with Crippen LogP contribution in [0.3, 0.4) is 0 Å². The lowest BCUT2D eigenvalue weighted by Gasteiger charge is -2.31. The van der Waals surface area contributed by atoms with E-state index in [1.165, 1.54) is 0 Å². The normalized spacial score (nSPS) is 16.7. The van der Waals surface area contributed by atoms with Crippen LogP contribution < -0.4 is 0 Å². The molecule has 1 aliphatic rings. The van der Waals surface area contributed by atoms with Gasteiger partial charge in [0, 0.05) is 37.1 Å². The molecule has 142 valence electrons. The summed E-state index contributed by atoms with van der Waals surface area (Å²) in [4.78, 5) is 27.3. The first-order valence-electron chi connectivity index (χ1n) is 9.59. The van der Waals surface area contributed by atoms with Crippen molar-refractivity contribution < 1.29 is 14.1 Å². The summed E-state index contributed by atoms with van der Waals surface area (Å²) in [5.74, 6) is 0.0718. The van der Waals surface area contributed by atoms with E-state index in [4.69, 9.17) is 4.52 Å². The number of likely N-dealkylation sites (tertiary alicyclic amines) is 1. The molecule has 5 nitrogen and oxygen atoms in total. The van der Waals surface area contributed by atoms with Gasteiger partial charge in [-0.05, 0) is 18.4 Å². The second kappa shape index (κ2) is 8.21. The molecule has 1 aliphatic heterocycles. The van der Waals surface area contributed by atoms with Gasteiger partial charge in [-0.2, -0.15) is 0 Å². The first-order chi connectivity index (χ1) is 13.7. The molecule has 1 amide bonds. The topological polar surface area (TPSA) is 63.4 Å². The molecule has 3 aromatic rings. The van der Waals surface area contributed by atoms with E-state index < -0.39 is 0 Å². The fraction of sp³-hybridized carbons (Fsp3) is 0.261. The van der Waals surface area contributed by atoms with E-state index in [1.807, 2.05) is 60.7 Å². The zero-order valence-electron chi connectivity index (χ0n) is 15.6. The highest BCUT2D eigenvalue weighted by atomic mass is 16.5. The lowest BCUT2D eigenvalue weighted by molar-refractivity contribution is -0.123. The van der Waals surface area contributed by atoms with E-state index in [0.717, 1.165) is 24.0 Å². The Morgan fingerprint density at radius 2 is 1.75 bits per heavy atom. The molecular formula is C23H22N2O3. The molecule has 4 rings (SSSR count). The third-order valence-electron chi connectivity index (χ3n) is 5.18. The Hall–Kier alpha value is -3.21. The lowest BCUT2D eigenvalue weighted by atomic mass is 9.90. The Morgan fingerprint density at radius 1 is 1.04 bits per heavy atom. The van der Waals surface area contributed by atoms with Crippen LogP contribution in [0.25, 0.3) is 11.3 Å². The fourth-order valence-corrected chi connectivity index (χ4v) is 3.64. The van der Waals surface area contributed by atoms with Crippen LogP contribution in [-0.2, 0) is 11.2 Å². The highest BCUT2D eigenvalue weighted by molar-refractivity contribution is 5.93. The van der Waals surface area contributed by atoms with Crippen molar-refractivity contribution in [3.63, 3.8) is 0 Å². The lowest BCUT2D eigenvalue weighted by Crippen LogP contribution is -2.42. The molecule has 0 bridgehead atoms. The average molecular weight is 374 g/mol. The van der Waals surface area contributed by atoms with Crippen LogP contribution in [0.4, 0.5) is 0 Å². The number of rotatable bonds is 5. The molecule has 0 spiro atoms. The van der Waals surface area contributed by atoms with Gasteiger partial charge in [-0.25, -0.2) is 0 Å². The maximum absolute atomic E-state index is 12.9. The molecule has 1 saturated heterocycles. The molecule has 0 saturated carbocycles. The second-order valence-corrected chi connectivity index (χ2v) is 7.16. The van der Waals surface area contributed by atoms with E-state index in [9.17, 15) is 9.59 Å². The van der Waals surface area contributed by atoms with Crippen molar-refractivity contribution in [3.05, 3.63) is 78.1 Å². The predicted molar refractivity (Wildman–Crippen MR) is 106 cm³/mol. The van der Waals surface area contributed by atoms with Crippen molar-refractivity contribution in [2.45, 2.75) is 19.3 Å². The van der Waals surface area contributed by atoms with Gasteiger partial charge in [-0.1, -0.05) is 65.8 Å². The number of hydrogen-bond acceptors (Lipinski definition) is 4. The minimum atomic E-state index is -0.202. The highest BCUT2D eigenvalue weighted by Gasteiger charge is 2.30. The van der Waals surface area contributed by atoms with Crippen molar-refractivity contribution in [2.24, 2.45) is 5.92 Å². The Bertz CT molecular complexity index is 950. The molecular weight excluding hydrogens is 352 g/mol. The summed E-state index contributed by atoms with van der Waals surface area (Å²) < 4.78 is 5.30. The van der Waals surface area contributed by atoms with Gasteiger partial charge >= 0.3 is 0 Å². The Morgan fingerprint density at radius 3 is 2.50 bits per heavy atom. The van der Waals surface area contributed by atoms with Crippen LogP contribution in [0.2, 0.25) is 0 Å². The van der Waals surface area contributed by atoms with Gasteiger partial charge in [0.15, 0.2) is 0 Å². The van der Waals surface area contributed by atoms with Crippen LogP contribution in [0, 0.1) is 5.92 Å². The van der Waals surface area contributed by atoms with Crippen LogP contribution in [-0.4, -0.2) is 34.8 Å². The smallest absolute Gasteiger partial charge is 0.292 e. The van der Waals surface area contributed by atoms with Crippen molar-refractivity contribution in [1.29, 1.82) is 0 Å². The summed E-state index contributed by atoms with van der Waals surface area (Å²) in [6.07, 6.45) is 2.05. The standard InChI is InChI=1S/C23H22N2O3/c26-21(14-17-8-3-1-4-9-17)19-12-7-13-25(16-19)23(27)22-15-20(24-28-22)18-10-5-2-6-11-18/h1-6,8-11,15,19H,7,12-14,16H2/t19-/m0/s1. The van der Waals surface area contributed by atoms with Gasteiger partial charge in [-0.15, -0.1) is 0 Å². The SMILES string of the molecule is O=C(Cc1ccccc1)[C@H]1CCCN(C(=O)c2cc(-c3ccccc3)no2)C1. The molecule has 0 radical (unpaired) electrons. The average Bonchev–Trinajstić information content (AvgIpc) is 3.25. The molecule has 0 N–H and O–H groups in total. The van der Waals surface area contributed by atoms with Crippen LogP contribution >= 0.6 is 0 Å². The molecule has 2 aromatic carbocycles. The number of nitrogens with zero attached hydrogens (tertiary/aromatic N) is 2. The van der Waals surface area contributed by atoms with Gasteiger partial charge < -0.3 is 9.42 Å². The summed E-state index contributed by atoms with van der Waals surface area (Å²) in [7, 11) is 0. The van der Waals surface area contributed by atoms with E-state index >= 15 is 0 Å². The number of carbonyl (C=O) groups is 2. The zero-order chi connectivity index (χ0) is 19.3. The number of Topliss-reactive ketones (excluding diaryl/α,β-unsaturated/α-hetero) is 1. The molecule has 5 heteroatoms. The minimum Gasteiger partial charge on any atom is -0.350 e. The monoisotopic (exact) mass is 374 g/mol. The van der Waals surface area contributed by atoms with Gasteiger partial charge in [0.2, 0.25) is 5.76 Å². The Labute approximate surface area is 164 Å². The number of piperidine rings is 1. The van der Waals surface area contributed by atoms with Crippen molar-refractivity contribution in [1.82, 2.24) is 10.1 Å². The second-order valence-electron chi connectivity index (χ2n) is 7.16. The summed E-state index contributed by atoms with van der Waals surface area (Å²) in [6.45, 7) is 1.07. The van der Waals surface area contributed by atoms with Crippen LogP contribution in [0.5, 0.6) is 0 Å². The van der Waals surface area contributed by atoms with Crippen molar-refractivity contribution in [2.75, 3.05) is 13.1 Å². The Balaban J connectivity index is 1.42. The number of amides is 1. The highest BCUT2D eigenvalue weighted by Crippen LogP contribution is 2.23. The maximum atomic E-state index is 12.9. The zero-order valence-corrected chi connectivity index (χ0v) is 15.6. The van der Waals surface area contributed by atoms with E-state index in [1.54, 1.807) is 11.0 Å². The fourth-order valence-electron chi connectivity index (χ4n) is 3.64. The largest absolute Gasteiger partial charge is 0.350 e. The molecule has 0 aliphatic carbocycles. The van der Waals surface area contributed by atoms with Gasteiger partial charge in [0.1, 0.15) is 11.5 Å². The summed E-state index contributed by atoms with van der Waals surface area (Å²) >= 11 is 0. The molecule has 28 heavy (non-hydrogen) atoms. The number of aromatic nitrogens is 1. The summed E-state index contributed by atoms with van der Waals surface area (Å²) in [6, 6.07) is 21.0. The molecule has 1 fully saturated rings. The molecule has 1 aromatic heterocycles. The summed E-state index contributed by atoms with van der Waals surface area (Å²) in [5, 5.41) is 4.02. The van der Waals surface area contributed by atoms with E-state index in [-0.39, 0.29) is 23.4 Å². The predicted octanol–water partition coefficient (Wildman–Crippen LogP) is 4.01. The first kappa shape index (κ1) is 18.2. The minimum absolute atomic E-state index is 0.130. The molecule has 0 unspecified atom stereocenters. The first-order valence-corrected chi connectivity index (χ1v) is 9.59. The molecule has 1 atom stereocenters.